The Labute approximate surface area is 173 Å². The summed E-state index contributed by atoms with van der Waals surface area (Å²) in [7, 11) is 0. The molecular formula is C24H21N3OS. The molecule has 1 aliphatic heterocycles. The second-order valence-corrected chi connectivity index (χ2v) is 8.49. The number of anilines is 1. The third-order valence-corrected chi connectivity index (χ3v) is 6.24. The van der Waals surface area contributed by atoms with E-state index in [9.17, 15) is 4.79 Å². The quantitative estimate of drug-likeness (QED) is 0.485. The fourth-order valence-electron chi connectivity index (χ4n) is 4.00. The van der Waals surface area contributed by atoms with Crippen molar-refractivity contribution < 1.29 is 4.79 Å². The van der Waals surface area contributed by atoms with E-state index >= 15 is 0 Å². The average Bonchev–Trinajstić information content (AvgIpc) is 3.29. The van der Waals surface area contributed by atoms with Crippen LogP contribution in [0.1, 0.15) is 32.7 Å². The van der Waals surface area contributed by atoms with E-state index in [0.29, 0.717) is 5.56 Å². The van der Waals surface area contributed by atoms with Crippen molar-refractivity contribution in [1.29, 1.82) is 0 Å². The Balaban J connectivity index is 1.60. The highest BCUT2D eigenvalue weighted by molar-refractivity contribution is 7.98. The first-order valence-electron chi connectivity index (χ1n) is 9.66. The lowest BCUT2D eigenvalue weighted by molar-refractivity contribution is 0.102. The van der Waals surface area contributed by atoms with E-state index in [1.165, 1.54) is 11.1 Å². The van der Waals surface area contributed by atoms with E-state index in [4.69, 9.17) is 5.10 Å². The smallest absolute Gasteiger partial charge is 0.257 e. The molecule has 0 atom stereocenters. The normalized spacial score (nSPS) is 12.9. The Hall–Kier alpha value is -3.05. The minimum absolute atomic E-state index is 0.105. The van der Waals surface area contributed by atoms with Gasteiger partial charge in [-0.1, -0.05) is 42.5 Å². The maximum atomic E-state index is 13.3. The number of aryl methyl sites for hydroxylation is 2. The Morgan fingerprint density at radius 2 is 1.76 bits per heavy atom. The van der Waals surface area contributed by atoms with E-state index in [2.05, 4.69) is 37.4 Å². The SMILES string of the molecule is Cc1cc(C)cc(-n2nc3c(c2NC(=O)c2cccc4ccccc24)CSC3)c1. The lowest BCUT2D eigenvalue weighted by Crippen LogP contribution is -2.16. The van der Waals surface area contributed by atoms with Crippen LogP contribution in [0.3, 0.4) is 0 Å². The molecule has 0 unspecified atom stereocenters. The van der Waals surface area contributed by atoms with Crippen molar-refractivity contribution in [2.45, 2.75) is 25.4 Å². The fraction of sp³-hybridized carbons (Fsp3) is 0.167. The molecule has 4 nitrogen and oxygen atoms in total. The topological polar surface area (TPSA) is 46.9 Å². The van der Waals surface area contributed by atoms with Gasteiger partial charge < -0.3 is 5.32 Å². The minimum Gasteiger partial charge on any atom is -0.306 e. The summed E-state index contributed by atoms with van der Waals surface area (Å²) in [5, 5.41) is 10.0. The molecule has 1 N–H and O–H groups in total. The lowest BCUT2D eigenvalue weighted by atomic mass is 10.0. The van der Waals surface area contributed by atoms with Gasteiger partial charge >= 0.3 is 0 Å². The average molecular weight is 400 g/mol. The summed E-state index contributed by atoms with van der Waals surface area (Å²) in [6, 6.07) is 20.2. The molecule has 0 saturated heterocycles. The molecule has 5 heteroatoms. The van der Waals surface area contributed by atoms with Gasteiger partial charge in [0.2, 0.25) is 0 Å². The molecule has 29 heavy (non-hydrogen) atoms. The number of rotatable bonds is 3. The molecule has 0 fully saturated rings. The van der Waals surface area contributed by atoms with Crippen LogP contribution in [-0.2, 0) is 11.5 Å². The molecule has 2 heterocycles. The van der Waals surface area contributed by atoms with Crippen LogP contribution in [0.15, 0.2) is 60.7 Å². The largest absolute Gasteiger partial charge is 0.306 e. The summed E-state index contributed by atoms with van der Waals surface area (Å²) < 4.78 is 1.90. The minimum atomic E-state index is -0.105. The number of fused-ring (bicyclic) bond motifs is 2. The van der Waals surface area contributed by atoms with Gasteiger partial charge in [-0.2, -0.15) is 16.9 Å². The first-order chi connectivity index (χ1) is 14.1. The van der Waals surface area contributed by atoms with Crippen molar-refractivity contribution in [3.8, 4) is 5.69 Å². The van der Waals surface area contributed by atoms with E-state index in [0.717, 1.165) is 45.0 Å². The van der Waals surface area contributed by atoms with E-state index in [-0.39, 0.29) is 5.91 Å². The van der Waals surface area contributed by atoms with Crippen LogP contribution in [0.2, 0.25) is 0 Å². The number of aromatic nitrogens is 2. The van der Waals surface area contributed by atoms with Crippen LogP contribution in [0.4, 0.5) is 5.82 Å². The molecule has 1 amide bonds. The van der Waals surface area contributed by atoms with Crippen LogP contribution in [0.25, 0.3) is 16.5 Å². The predicted molar refractivity (Wildman–Crippen MR) is 120 cm³/mol. The number of nitrogens with one attached hydrogen (secondary N) is 1. The van der Waals surface area contributed by atoms with Gasteiger partial charge in [0.25, 0.3) is 5.91 Å². The summed E-state index contributed by atoms with van der Waals surface area (Å²) >= 11 is 1.83. The van der Waals surface area contributed by atoms with Crippen LogP contribution in [0.5, 0.6) is 0 Å². The van der Waals surface area contributed by atoms with Gasteiger partial charge in [-0.05, 0) is 53.9 Å². The number of hydrogen-bond donors (Lipinski definition) is 1. The monoisotopic (exact) mass is 399 g/mol. The molecule has 5 rings (SSSR count). The summed E-state index contributed by atoms with van der Waals surface area (Å²) in [6.07, 6.45) is 0. The Morgan fingerprint density at radius 1 is 1.00 bits per heavy atom. The Morgan fingerprint density at radius 3 is 2.59 bits per heavy atom. The first kappa shape index (κ1) is 18.0. The van der Waals surface area contributed by atoms with E-state index < -0.39 is 0 Å². The van der Waals surface area contributed by atoms with Crippen LogP contribution < -0.4 is 5.32 Å². The summed E-state index contributed by atoms with van der Waals surface area (Å²) in [5.74, 6) is 2.43. The highest BCUT2D eigenvalue weighted by Gasteiger charge is 2.25. The van der Waals surface area contributed by atoms with Gasteiger partial charge in [-0.15, -0.1) is 0 Å². The molecule has 0 spiro atoms. The maximum absolute atomic E-state index is 13.3. The molecule has 0 saturated carbocycles. The second-order valence-electron chi connectivity index (χ2n) is 7.51. The zero-order chi connectivity index (χ0) is 20.0. The van der Waals surface area contributed by atoms with Gasteiger partial charge in [0.1, 0.15) is 5.82 Å². The third kappa shape index (κ3) is 3.21. The van der Waals surface area contributed by atoms with Gasteiger partial charge in [0, 0.05) is 22.6 Å². The van der Waals surface area contributed by atoms with Crippen LogP contribution >= 0.6 is 11.8 Å². The summed E-state index contributed by atoms with van der Waals surface area (Å²) in [4.78, 5) is 13.3. The molecule has 3 aromatic carbocycles. The second kappa shape index (κ2) is 7.08. The molecule has 0 radical (unpaired) electrons. The number of carbonyl (C=O) groups is 1. The van der Waals surface area contributed by atoms with Gasteiger partial charge in [0.15, 0.2) is 0 Å². The summed E-state index contributed by atoms with van der Waals surface area (Å²) in [5.41, 5.74) is 6.20. The number of nitrogens with zero attached hydrogens (tertiary/aromatic N) is 2. The Bertz CT molecular complexity index is 1230. The maximum Gasteiger partial charge on any atom is 0.257 e. The van der Waals surface area contributed by atoms with Gasteiger partial charge in [0.05, 0.1) is 11.4 Å². The fourth-order valence-corrected chi connectivity index (χ4v) is 5.03. The number of thioether (sulfide) groups is 1. The molecular weight excluding hydrogens is 378 g/mol. The summed E-state index contributed by atoms with van der Waals surface area (Å²) in [6.45, 7) is 4.16. The standard InChI is InChI=1S/C24H21N3OS/c1-15-10-16(2)12-18(11-15)27-23(21-13-29-14-22(21)26-27)25-24(28)20-9-5-7-17-6-3-4-8-19(17)20/h3-12H,13-14H2,1-2H3,(H,25,28). The lowest BCUT2D eigenvalue weighted by Gasteiger charge is -2.13. The molecule has 1 aromatic heterocycles. The van der Waals surface area contributed by atoms with Crippen LogP contribution in [-0.4, -0.2) is 15.7 Å². The zero-order valence-electron chi connectivity index (χ0n) is 16.4. The number of benzene rings is 3. The Kier molecular flexibility index (Phi) is 4.40. The van der Waals surface area contributed by atoms with Crippen molar-refractivity contribution in [3.05, 3.63) is 88.6 Å². The number of amides is 1. The third-order valence-electron chi connectivity index (χ3n) is 5.27. The van der Waals surface area contributed by atoms with Crippen molar-refractivity contribution in [2.75, 3.05) is 5.32 Å². The molecule has 4 aromatic rings. The van der Waals surface area contributed by atoms with Gasteiger partial charge in [-0.25, -0.2) is 4.68 Å². The number of hydrogen-bond acceptors (Lipinski definition) is 3. The highest BCUT2D eigenvalue weighted by atomic mass is 32.2. The van der Waals surface area contributed by atoms with Crippen LogP contribution in [0, 0.1) is 13.8 Å². The first-order valence-corrected chi connectivity index (χ1v) is 10.8. The van der Waals surface area contributed by atoms with Crippen molar-refractivity contribution in [2.24, 2.45) is 0 Å². The molecule has 144 valence electrons. The van der Waals surface area contributed by atoms with Gasteiger partial charge in [-0.3, -0.25) is 4.79 Å². The van der Waals surface area contributed by atoms with Crippen molar-refractivity contribution in [3.63, 3.8) is 0 Å². The number of carbonyl (C=O) groups excluding carboxylic acids is 1. The van der Waals surface area contributed by atoms with E-state index in [1.807, 2.05) is 58.9 Å². The van der Waals surface area contributed by atoms with Crippen molar-refractivity contribution >= 4 is 34.3 Å². The predicted octanol–water partition coefficient (Wildman–Crippen LogP) is 5.64. The van der Waals surface area contributed by atoms with E-state index in [1.54, 1.807) is 0 Å². The molecule has 0 aliphatic carbocycles. The molecule has 0 bridgehead atoms. The molecule has 1 aliphatic rings. The van der Waals surface area contributed by atoms with Crippen molar-refractivity contribution in [1.82, 2.24) is 9.78 Å². The highest BCUT2D eigenvalue weighted by Crippen LogP contribution is 2.36. The zero-order valence-corrected chi connectivity index (χ0v) is 17.2.